The summed E-state index contributed by atoms with van der Waals surface area (Å²) in [6.45, 7) is 31.5. The fourth-order valence-electron chi connectivity index (χ4n) is 5.17. The molecule has 0 fully saturated rings. The molecule has 0 unspecified atom stereocenters. The molecule has 292 valence electrons. The van der Waals surface area contributed by atoms with E-state index in [4.69, 9.17) is 0 Å². The van der Waals surface area contributed by atoms with Gasteiger partial charge >= 0.3 is 0 Å². The molecule has 0 aliphatic rings. The zero-order valence-corrected chi connectivity index (χ0v) is 36.7. The standard InChI is InChI=1S/C30H62.C5H12.C4H8.2C3H8.C2H6/c1-4-6-8-10-12-14-16-18-20-22-24-26-28-30(3)29-27-25-23-21-19-17-15-13-11-9-7-5-2;1-3-5-4-2;1-4(2)3;2*1-3-2;1-2/h30H,4-29H2,1-3H3;3-5H2,1-2H3;1H2,2-3H3;2*3H2,1-2H3;1-2H3. The normalized spacial score (nSPS) is 9.74. The molecule has 0 aliphatic heterocycles. The molecule has 0 amide bonds. The Morgan fingerprint density at radius 3 is 0.638 bits per heavy atom. The Bertz CT molecular complexity index is 386. The molecule has 0 bridgehead atoms. The van der Waals surface area contributed by atoms with E-state index in [-0.39, 0.29) is 0 Å². The SMILES string of the molecule is C=C(C)C.CC.CCC.CCC.CCCCC.CCCCCCCCCCCCCCC(C)CCCCCCCCCCCCCC. The summed E-state index contributed by atoms with van der Waals surface area (Å²) in [5, 5.41) is 0. The van der Waals surface area contributed by atoms with E-state index < -0.39 is 0 Å². The van der Waals surface area contributed by atoms with Gasteiger partial charge in [0.15, 0.2) is 0 Å². The Kier molecular flexibility index (Phi) is 85.0. The molecule has 0 heteroatoms. The first-order valence-corrected chi connectivity index (χ1v) is 22.4. The first-order valence-electron chi connectivity index (χ1n) is 22.4. The van der Waals surface area contributed by atoms with E-state index in [0.29, 0.717) is 0 Å². The van der Waals surface area contributed by atoms with Crippen LogP contribution in [-0.4, -0.2) is 0 Å². The van der Waals surface area contributed by atoms with E-state index in [1.165, 1.54) is 205 Å². The van der Waals surface area contributed by atoms with Crippen molar-refractivity contribution in [1.29, 1.82) is 0 Å². The maximum atomic E-state index is 3.56. The second-order valence-electron chi connectivity index (χ2n) is 14.4. The Hall–Kier alpha value is -0.260. The van der Waals surface area contributed by atoms with Gasteiger partial charge in [-0.15, -0.1) is 6.58 Å². The lowest BCUT2D eigenvalue weighted by Crippen LogP contribution is -1.95. The van der Waals surface area contributed by atoms with Crippen LogP contribution in [0.25, 0.3) is 0 Å². The minimum absolute atomic E-state index is 0.969. The van der Waals surface area contributed by atoms with Crippen LogP contribution in [-0.2, 0) is 0 Å². The zero-order valence-electron chi connectivity index (χ0n) is 36.7. The van der Waals surface area contributed by atoms with Crippen LogP contribution in [0.2, 0.25) is 0 Å². The van der Waals surface area contributed by atoms with Crippen molar-refractivity contribution in [1.82, 2.24) is 0 Å². The molecule has 47 heavy (non-hydrogen) atoms. The minimum atomic E-state index is 0.969. The summed E-state index contributed by atoms with van der Waals surface area (Å²) < 4.78 is 0. The Morgan fingerprint density at radius 1 is 0.340 bits per heavy atom. The van der Waals surface area contributed by atoms with Gasteiger partial charge in [0.1, 0.15) is 0 Å². The zero-order chi connectivity index (χ0) is 37.1. The third-order valence-corrected chi connectivity index (χ3v) is 7.81. The van der Waals surface area contributed by atoms with E-state index >= 15 is 0 Å². The molecular formula is C47H104. The molecule has 0 nitrogen and oxygen atoms in total. The molecule has 0 heterocycles. The maximum absolute atomic E-state index is 3.56. The smallest absolute Gasteiger partial charge is 0.0443 e. The highest BCUT2D eigenvalue weighted by atomic mass is 14.1. The van der Waals surface area contributed by atoms with Crippen molar-refractivity contribution in [2.24, 2.45) is 5.92 Å². The van der Waals surface area contributed by atoms with Gasteiger partial charge in [-0.25, -0.2) is 0 Å². The molecule has 0 aromatic heterocycles. The first-order chi connectivity index (χ1) is 22.8. The Morgan fingerprint density at radius 2 is 0.489 bits per heavy atom. The summed E-state index contributed by atoms with van der Waals surface area (Å²) in [7, 11) is 0. The lowest BCUT2D eigenvalue weighted by Gasteiger charge is -2.11. The number of hydrogen-bond acceptors (Lipinski definition) is 0. The van der Waals surface area contributed by atoms with Crippen LogP contribution < -0.4 is 0 Å². The average molecular weight is 669 g/mol. The van der Waals surface area contributed by atoms with Gasteiger partial charge < -0.3 is 0 Å². The molecule has 0 atom stereocenters. The van der Waals surface area contributed by atoms with Crippen molar-refractivity contribution in [3.63, 3.8) is 0 Å². The highest BCUT2D eigenvalue weighted by molar-refractivity contribution is 4.78. The number of hydrogen-bond donors (Lipinski definition) is 0. The molecule has 0 aliphatic carbocycles. The second kappa shape index (κ2) is 67.8. The van der Waals surface area contributed by atoms with Crippen LogP contribution in [0.5, 0.6) is 0 Å². The van der Waals surface area contributed by atoms with E-state index in [1.54, 1.807) is 0 Å². The highest BCUT2D eigenvalue weighted by Gasteiger charge is 2.02. The van der Waals surface area contributed by atoms with Crippen molar-refractivity contribution >= 4 is 0 Å². The summed E-state index contributed by atoms with van der Waals surface area (Å²) in [6, 6.07) is 0. The summed E-state index contributed by atoms with van der Waals surface area (Å²) in [4.78, 5) is 0. The fraction of sp³-hybridized carbons (Fsp3) is 0.957. The average Bonchev–Trinajstić information content (AvgIpc) is 3.04. The van der Waals surface area contributed by atoms with Crippen molar-refractivity contribution in [3.05, 3.63) is 12.2 Å². The Balaban J connectivity index is -0.000000203. The van der Waals surface area contributed by atoms with E-state index in [1.807, 2.05) is 27.7 Å². The number of allylic oxidation sites excluding steroid dienone is 1. The van der Waals surface area contributed by atoms with Crippen LogP contribution >= 0.6 is 0 Å². The number of unbranched alkanes of at least 4 members (excludes halogenated alkanes) is 24. The third kappa shape index (κ3) is 98.9. The molecule has 0 saturated carbocycles. The van der Waals surface area contributed by atoms with Crippen molar-refractivity contribution in [2.45, 2.75) is 289 Å². The predicted molar refractivity (Wildman–Crippen MR) is 230 cm³/mol. The van der Waals surface area contributed by atoms with Gasteiger partial charge in [0.25, 0.3) is 0 Å². The molecule has 0 saturated heterocycles. The van der Waals surface area contributed by atoms with Crippen LogP contribution in [0, 0.1) is 5.92 Å². The van der Waals surface area contributed by atoms with Crippen LogP contribution in [0.1, 0.15) is 289 Å². The summed E-state index contributed by atoms with van der Waals surface area (Å²) >= 11 is 0. The van der Waals surface area contributed by atoms with Crippen molar-refractivity contribution in [2.75, 3.05) is 0 Å². The lowest BCUT2D eigenvalue weighted by atomic mass is 9.95. The Labute approximate surface area is 306 Å². The first kappa shape index (κ1) is 58.9. The van der Waals surface area contributed by atoms with Gasteiger partial charge in [-0.3, -0.25) is 0 Å². The maximum Gasteiger partial charge on any atom is -0.0443 e. The van der Waals surface area contributed by atoms with E-state index in [0.717, 1.165) is 5.92 Å². The summed E-state index contributed by atoms with van der Waals surface area (Å²) in [6.07, 6.45) is 44.8. The lowest BCUT2D eigenvalue weighted by molar-refractivity contribution is 0.429. The van der Waals surface area contributed by atoms with Crippen LogP contribution in [0.15, 0.2) is 12.2 Å². The molecule has 0 rings (SSSR count). The largest absolute Gasteiger partial charge is 0.100 e. The monoisotopic (exact) mass is 669 g/mol. The molecule has 0 N–H and O–H groups in total. The minimum Gasteiger partial charge on any atom is -0.100 e. The molecule has 0 aromatic rings. The molecular weight excluding hydrogens is 565 g/mol. The van der Waals surface area contributed by atoms with E-state index in [9.17, 15) is 0 Å². The van der Waals surface area contributed by atoms with Gasteiger partial charge in [-0.1, -0.05) is 281 Å². The summed E-state index contributed by atoms with van der Waals surface area (Å²) in [5.74, 6) is 0.969. The van der Waals surface area contributed by atoms with Crippen LogP contribution in [0.4, 0.5) is 0 Å². The fourth-order valence-corrected chi connectivity index (χ4v) is 5.17. The van der Waals surface area contributed by atoms with E-state index in [2.05, 4.69) is 68.9 Å². The van der Waals surface area contributed by atoms with Gasteiger partial charge in [-0.2, -0.15) is 0 Å². The highest BCUT2D eigenvalue weighted by Crippen LogP contribution is 2.19. The number of rotatable bonds is 28. The van der Waals surface area contributed by atoms with Gasteiger partial charge in [0.2, 0.25) is 0 Å². The molecule has 0 aromatic carbocycles. The van der Waals surface area contributed by atoms with Crippen LogP contribution in [0.3, 0.4) is 0 Å². The van der Waals surface area contributed by atoms with Gasteiger partial charge in [0.05, 0.1) is 0 Å². The van der Waals surface area contributed by atoms with Gasteiger partial charge in [-0.05, 0) is 19.8 Å². The molecule has 0 spiro atoms. The topological polar surface area (TPSA) is 0 Å². The second-order valence-corrected chi connectivity index (χ2v) is 14.4. The quantitative estimate of drug-likeness (QED) is 0.0575. The molecule has 0 radical (unpaired) electrons. The van der Waals surface area contributed by atoms with Crippen molar-refractivity contribution in [3.8, 4) is 0 Å². The van der Waals surface area contributed by atoms with Gasteiger partial charge in [0, 0.05) is 0 Å². The van der Waals surface area contributed by atoms with Crippen molar-refractivity contribution < 1.29 is 0 Å². The third-order valence-electron chi connectivity index (χ3n) is 7.81. The predicted octanol–water partition coefficient (Wildman–Crippen LogP) is 19.4. The summed E-state index contributed by atoms with van der Waals surface area (Å²) in [5.41, 5.74) is 1.17.